The Kier molecular flexibility index (Phi) is 3.17. The van der Waals surface area contributed by atoms with Gasteiger partial charge in [0.15, 0.2) is 0 Å². The molecule has 1 aromatic carbocycles. The third kappa shape index (κ3) is 3.38. The van der Waals surface area contributed by atoms with Crippen molar-refractivity contribution in [3.8, 4) is 5.75 Å². The van der Waals surface area contributed by atoms with Gasteiger partial charge in [-0.25, -0.2) is 0 Å². The molecule has 0 aliphatic heterocycles. The Morgan fingerprint density at radius 1 is 1.29 bits per heavy atom. The molecule has 0 heterocycles. The van der Waals surface area contributed by atoms with Crippen molar-refractivity contribution in [2.45, 2.75) is 39.9 Å². The molecule has 0 amide bonds. The predicted molar refractivity (Wildman–Crippen MR) is 57.4 cm³/mol. The Balaban J connectivity index is 2.65. The van der Waals surface area contributed by atoms with E-state index in [0.717, 1.165) is 11.1 Å². The summed E-state index contributed by atoms with van der Waals surface area (Å²) < 4.78 is 5.60. The normalized spacial score (nSPS) is 11.7. The number of rotatable bonds is 2. The molecule has 0 aromatic heterocycles. The maximum atomic E-state index is 9.47. The van der Waals surface area contributed by atoms with Crippen molar-refractivity contribution in [2.75, 3.05) is 0 Å². The largest absolute Gasteiger partial charge is 0.508 e. The molecule has 0 aliphatic rings. The summed E-state index contributed by atoms with van der Waals surface area (Å²) >= 11 is 0. The first-order chi connectivity index (χ1) is 6.38. The van der Waals surface area contributed by atoms with Gasteiger partial charge in [-0.15, -0.1) is 0 Å². The van der Waals surface area contributed by atoms with Crippen LogP contribution in [0.25, 0.3) is 0 Å². The van der Waals surface area contributed by atoms with Gasteiger partial charge in [-0.2, -0.15) is 0 Å². The van der Waals surface area contributed by atoms with E-state index in [0.29, 0.717) is 12.4 Å². The van der Waals surface area contributed by atoms with E-state index in [9.17, 15) is 5.11 Å². The zero-order chi connectivity index (χ0) is 10.8. The van der Waals surface area contributed by atoms with Gasteiger partial charge in [0.25, 0.3) is 0 Å². The first kappa shape index (κ1) is 11.1. The highest BCUT2D eigenvalue weighted by molar-refractivity contribution is 5.34. The minimum Gasteiger partial charge on any atom is -0.508 e. The fourth-order valence-electron chi connectivity index (χ4n) is 1.04. The summed E-state index contributed by atoms with van der Waals surface area (Å²) in [5.74, 6) is 0.333. The van der Waals surface area contributed by atoms with E-state index in [1.54, 1.807) is 6.07 Å². The zero-order valence-electron chi connectivity index (χ0n) is 9.29. The van der Waals surface area contributed by atoms with Crippen LogP contribution < -0.4 is 0 Å². The van der Waals surface area contributed by atoms with E-state index in [1.165, 1.54) is 0 Å². The molecule has 0 aliphatic carbocycles. The van der Waals surface area contributed by atoms with Gasteiger partial charge in [0.1, 0.15) is 5.75 Å². The molecule has 1 aromatic rings. The minimum absolute atomic E-state index is 0.138. The molecule has 0 bridgehead atoms. The Labute approximate surface area is 85.5 Å². The van der Waals surface area contributed by atoms with Crippen LogP contribution in [0.5, 0.6) is 5.75 Å². The second kappa shape index (κ2) is 4.01. The van der Waals surface area contributed by atoms with Crippen molar-refractivity contribution < 1.29 is 9.84 Å². The molecule has 14 heavy (non-hydrogen) atoms. The van der Waals surface area contributed by atoms with Gasteiger partial charge < -0.3 is 9.84 Å². The second-order valence-electron chi connectivity index (χ2n) is 4.52. The lowest BCUT2D eigenvalue weighted by Gasteiger charge is -2.19. The second-order valence-corrected chi connectivity index (χ2v) is 4.52. The SMILES string of the molecule is Cc1ccc(COC(C)(C)C)cc1O. The van der Waals surface area contributed by atoms with E-state index in [4.69, 9.17) is 4.74 Å². The number of phenols is 1. The Morgan fingerprint density at radius 3 is 2.43 bits per heavy atom. The number of aryl methyl sites for hydroxylation is 1. The van der Waals surface area contributed by atoms with Crippen LogP contribution in [0, 0.1) is 6.92 Å². The summed E-state index contributed by atoms with van der Waals surface area (Å²) in [6.45, 7) is 8.46. The Hall–Kier alpha value is -1.02. The van der Waals surface area contributed by atoms with E-state index in [1.807, 2.05) is 39.8 Å². The molecule has 78 valence electrons. The van der Waals surface area contributed by atoms with E-state index < -0.39 is 0 Å². The van der Waals surface area contributed by atoms with Crippen LogP contribution >= 0.6 is 0 Å². The standard InChI is InChI=1S/C12H18O2/c1-9-5-6-10(7-11(9)13)8-14-12(2,3)4/h5-7,13H,8H2,1-4H3. The van der Waals surface area contributed by atoms with Crippen LogP contribution in [0.1, 0.15) is 31.9 Å². The number of hydrogen-bond donors (Lipinski definition) is 1. The fraction of sp³-hybridized carbons (Fsp3) is 0.500. The Morgan fingerprint density at radius 2 is 1.93 bits per heavy atom. The molecule has 0 radical (unpaired) electrons. The highest BCUT2D eigenvalue weighted by Crippen LogP contribution is 2.19. The van der Waals surface area contributed by atoms with E-state index >= 15 is 0 Å². The molecule has 0 saturated heterocycles. The third-order valence-corrected chi connectivity index (χ3v) is 1.95. The van der Waals surface area contributed by atoms with Gasteiger partial charge in [0, 0.05) is 0 Å². The van der Waals surface area contributed by atoms with Crippen molar-refractivity contribution in [2.24, 2.45) is 0 Å². The molecule has 1 N–H and O–H groups in total. The predicted octanol–water partition coefficient (Wildman–Crippen LogP) is 3.02. The highest BCUT2D eigenvalue weighted by Gasteiger charge is 2.10. The summed E-state index contributed by atoms with van der Waals surface area (Å²) in [6.07, 6.45) is 0. The quantitative estimate of drug-likeness (QED) is 0.784. The van der Waals surface area contributed by atoms with Crippen LogP contribution in [-0.4, -0.2) is 10.7 Å². The lowest BCUT2D eigenvalue weighted by atomic mass is 10.1. The highest BCUT2D eigenvalue weighted by atomic mass is 16.5. The van der Waals surface area contributed by atoms with Gasteiger partial charge in [-0.05, 0) is 44.9 Å². The molecule has 0 saturated carbocycles. The van der Waals surface area contributed by atoms with Crippen molar-refractivity contribution >= 4 is 0 Å². The summed E-state index contributed by atoms with van der Waals surface area (Å²) in [4.78, 5) is 0. The smallest absolute Gasteiger partial charge is 0.118 e. The molecule has 2 heteroatoms. The summed E-state index contributed by atoms with van der Waals surface area (Å²) in [6, 6.07) is 5.62. The van der Waals surface area contributed by atoms with E-state index in [-0.39, 0.29) is 5.60 Å². The number of ether oxygens (including phenoxy) is 1. The first-order valence-corrected chi connectivity index (χ1v) is 4.81. The summed E-state index contributed by atoms with van der Waals surface area (Å²) in [7, 11) is 0. The molecular formula is C12H18O2. The maximum Gasteiger partial charge on any atom is 0.118 e. The van der Waals surface area contributed by atoms with E-state index in [2.05, 4.69) is 0 Å². The van der Waals surface area contributed by atoms with Gasteiger partial charge in [0.2, 0.25) is 0 Å². The molecular weight excluding hydrogens is 176 g/mol. The molecule has 2 nitrogen and oxygen atoms in total. The molecule has 0 spiro atoms. The van der Waals surface area contributed by atoms with Gasteiger partial charge in [-0.1, -0.05) is 12.1 Å². The average molecular weight is 194 g/mol. The zero-order valence-corrected chi connectivity index (χ0v) is 9.29. The monoisotopic (exact) mass is 194 g/mol. The number of benzene rings is 1. The summed E-state index contributed by atoms with van der Waals surface area (Å²) in [5, 5.41) is 9.47. The molecule has 0 unspecified atom stereocenters. The molecule has 0 atom stereocenters. The minimum atomic E-state index is -0.138. The van der Waals surface area contributed by atoms with Gasteiger partial charge >= 0.3 is 0 Å². The first-order valence-electron chi connectivity index (χ1n) is 4.81. The van der Waals surface area contributed by atoms with Crippen molar-refractivity contribution in [3.05, 3.63) is 29.3 Å². The topological polar surface area (TPSA) is 29.5 Å². The number of aromatic hydroxyl groups is 1. The Bertz CT molecular complexity index is 311. The van der Waals surface area contributed by atoms with Gasteiger partial charge in [0.05, 0.1) is 12.2 Å². The van der Waals surface area contributed by atoms with Crippen molar-refractivity contribution in [1.82, 2.24) is 0 Å². The maximum absolute atomic E-state index is 9.47. The van der Waals surface area contributed by atoms with Crippen LogP contribution in [0.4, 0.5) is 0 Å². The van der Waals surface area contributed by atoms with Crippen molar-refractivity contribution in [3.63, 3.8) is 0 Å². The molecule has 1 rings (SSSR count). The average Bonchev–Trinajstić information content (AvgIpc) is 2.06. The van der Waals surface area contributed by atoms with Crippen LogP contribution in [-0.2, 0) is 11.3 Å². The van der Waals surface area contributed by atoms with Gasteiger partial charge in [-0.3, -0.25) is 0 Å². The lowest BCUT2D eigenvalue weighted by Crippen LogP contribution is -2.18. The van der Waals surface area contributed by atoms with Crippen molar-refractivity contribution in [1.29, 1.82) is 0 Å². The lowest BCUT2D eigenvalue weighted by molar-refractivity contribution is -0.0150. The van der Waals surface area contributed by atoms with Crippen LogP contribution in [0.2, 0.25) is 0 Å². The molecule has 0 fully saturated rings. The van der Waals surface area contributed by atoms with Crippen LogP contribution in [0.15, 0.2) is 18.2 Å². The number of phenolic OH excluding ortho intramolecular Hbond substituents is 1. The third-order valence-electron chi connectivity index (χ3n) is 1.95. The number of hydrogen-bond acceptors (Lipinski definition) is 2. The summed E-state index contributed by atoms with van der Waals surface area (Å²) in [5.41, 5.74) is 1.76. The van der Waals surface area contributed by atoms with Crippen LogP contribution in [0.3, 0.4) is 0 Å². The fourth-order valence-corrected chi connectivity index (χ4v) is 1.04.